The smallest absolute Gasteiger partial charge is 0.319 e. The number of urea groups is 1. The number of para-hydroxylation sites is 1. The summed E-state index contributed by atoms with van der Waals surface area (Å²) in [7, 11) is 0. The van der Waals surface area contributed by atoms with E-state index in [0.717, 1.165) is 5.56 Å². The maximum atomic E-state index is 11.8. The number of aromatic nitrogens is 3. The molecule has 2 rings (SSSR count). The molecule has 0 saturated carbocycles. The second kappa shape index (κ2) is 7.04. The number of nitrogens with one attached hydrogen (secondary N) is 3. The minimum atomic E-state index is -0.875. The summed E-state index contributed by atoms with van der Waals surface area (Å²) in [4.78, 5) is 26.3. The largest absolute Gasteiger partial charge is 0.481 e. The lowest BCUT2D eigenvalue weighted by molar-refractivity contribution is -0.136. The van der Waals surface area contributed by atoms with Gasteiger partial charge in [0.05, 0.1) is 6.54 Å². The molecular formula is C13H15N5O3. The first-order valence-corrected chi connectivity index (χ1v) is 6.34. The van der Waals surface area contributed by atoms with E-state index in [1.807, 2.05) is 0 Å². The van der Waals surface area contributed by atoms with Crippen LogP contribution in [0.25, 0.3) is 0 Å². The number of carboxylic acid groups (broad SMARTS) is 1. The number of aromatic amines is 1. The number of carbonyl (C=O) groups excluding carboxylic acids is 1. The average molecular weight is 289 g/mol. The number of anilines is 1. The van der Waals surface area contributed by atoms with Gasteiger partial charge in [-0.1, -0.05) is 18.2 Å². The molecule has 2 aromatic rings. The molecule has 2 amide bonds. The summed E-state index contributed by atoms with van der Waals surface area (Å²) in [5.74, 6) is -0.330. The van der Waals surface area contributed by atoms with Crippen molar-refractivity contribution >= 4 is 17.7 Å². The Morgan fingerprint density at radius 1 is 1.29 bits per heavy atom. The van der Waals surface area contributed by atoms with E-state index >= 15 is 0 Å². The minimum Gasteiger partial charge on any atom is -0.481 e. The van der Waals surface area contributed by atoms with Crippen molar-refractivity contribution in [3.8, 4) is 0 Å². The zero-order valence-corrected chi connectivity index (χ0v) is 11.2. The highest BCUT2D eigenvalue weighted by Gasteiger charge is 2.08. The second-order valence-electron chi connectivity index (χ2n) is 4.29. The number of nitrogens with zero attached hydrogens (tertiary/aromatic N) is 2. The number of amides is 2. The van der Waals surface area contributed by atoms with Gasteiger partial charge in [0.15, 0.2) is 0 Å². The first kappa shape index (κ1) is 14.5. The normalized spacial score (nSPS) is 10.1. The Morgan fingerprint density at radius 3 is 2.81 bits per heavy atom. The van der Waals surface area contributed by atoms with Crippen molar-refractivity contribution in [2.24, 2.45) is 0 Å². The quantitative estimate of drug-likeness (QED) is 0.635. The van der Waals surface area contributed by atoms with Gasteiger partial charge in [-0.05, 0) is 18.1 Å². The van der Waals surface area contributed by atoms with E-state index < -0.39 is 12.0 Å². The van der Waals surface area contributed by atoms with Gasteiger partial charge in [-0.15, -0.1) is 0 Å². The fraction of sp³-hybridized carbons (Fsp3) is 0.231. The summed E-state index contributed by atoms with van der Waals surface area (Å²) in [6.07, 6.45) is 1.72. The number of benzene rings is 1. The van der Waals surface area contributed by atoms with Crippen LogP contribution < -0.4 is 10.6 Å². The molecule has 1 aromatic carbocycles. The van der Waals surface area contributed by atoms with Crippen molar-refractivity contribution < 1.29 is 14.7 Å². The van der Waals surface area contributed by atoms with E-state index in [2.05, 4.69) is 25.8 Å². The topological polar surface area (TPSA) is 120 Å². The Bertz CT molecular complexity index is 612. The number of aliphatic carboxylic acids is 1. The molecule has 0 aliphatic rings. The molecule has 8 heteroatoms. The third-order valence-corrected chi connectivity index (χ3v) is 2.76. The zero-order valence-electron chi connectivity index (χ0n) is 11.2. The van der Waals surface area contributed by atoms with Crippen LogP contribution in [0.2, 0.25) is 0 Å². The number of hydrogen-bond donors (Lipinski definition) is 4. The minimum absolute atomic E-state index is 0.0123. The van der Waals surface area contributed by atoms with Gasteiger partial charge >= 0.3 is 12.0 Å². The van der Waals surface area contributed by atoms with Gasteiger partial charge in [0, 0.05) is 12.1 Å². The van der Waals surface area contributed by atoms with Crippen LogP contribution in [-0.2, 0) is 17.8 Å². The molecule has 0 bridgehead atoms. The van der Waals surface area contributed by atoms with Crippen LogP contribution in [0.1, 0.15) is 17.8 Å². The number of carboxylic acids is 1. The van der Waals surface area contributed by atoms with Gasteiger partial charge in [0.1, 0.15) is 12.2 Å². The van der Waals surface area contributed by atoms with Gasteiger partial charge in [0.2, 0.25) is 0 Å². The molecule has 21 heavy (non-hydrogen) atoms. The van der Waals surface area contributed by atoms with Crippen molar-refractivity contribution in [3.05, 3.63) is 42.0 Å². The first-order chi connectivity index (χ1) is 10.1. The van der Waals surface area contributed by atoms with Gasteiger partial charge in [-0.3, -0.25) is 9.89 Å². The monoisotopic (exact) mass is 289 g/mol. The molecule has 110 valence electrons. The summed E-state index contributed by atoms with van der Waals surface area (Å²) < 4.78 is 0. The van der Waals surface area contributed by atoms with E-state index in [1.54, 1.807) is 24.3 Å². The van der Waals surface area contributed by atoms with Crippen molar-refractivity contribution in [1.29, 1.82) is 0 Å². The van der Waals surface area contributed by atoms with E-state index in [1.165, 1.54) is 6.33 Å². The van der Waals surface area contributed by atoms with Crippen LogP contribution in [0.3, 0.4) is 0 Å². The Balaban J connectivity index is 1.92. The summed E-state index contributed by atoms with van der Waals surface area (Å²) >= 11 is 0. The standard InChI is InChI=1S/C13H15N5O3/c19-12(20)6-5-9-3-1-2-4-10(9)17-13(21)14-7-11-15-8-16-18-11/h1-4,8H,5-7H2,(H,19,20)(H2,14,17,21)(H,15,16,18). The Hall–Kier alpha value is -2.90. The number of carbonyl (C=O) groups is 2. The Labute approximate surface area is 120 Å². The fourth-order valence-corrected chi connectivity index (χ4v) is 1.75. The zero-order chi connectivity index (χ0) is 15.1. The lowest BCUT2D eigenvalue weighted by atomic mass is 10.1. The maximum Gasteiger partial charge on any atom is 0.319 e. The molecule has 0 radical (unpaired) electrons. The van der Waals surface area contributed by atoms with Crippen LogP contribution >= 0.6 is 0 Å². The Morgan fingerprint density at radius 2 is 2.10 bits per heavy atom. The molecule has 8 nitrogen and oxygen atoms in total. The fourth-order valence-electron chi connectivity index (χ4n) is 1.75. The van der Waals surface area contributed by atoms with Crippen molar-refractivity contribution in [2.45, 2.75) is 19.4 Å². The van der Waals surface area contributed by atoms with Crippen molar-refractivity contribution in [2.75, 3.05) is 5.32 Å². The lowest BCUT2D eigenvalue weighted by Crippen LogP contribution is -2.29. The predicted molar refractivity (Wildman–Crippen MR) is 74.6 cm³/mol. The molecule has 1 heterocycles. The molecule has 1 aromatic heterocycles. The molecule has 0 saturated heterocycles. The summed E-state index contributed by atoms with van der Waals surface area (Å²) in [5, 5.41) is 20.3. The highest BCUT2D eigenvalue weighted by atomic mass is 16.4. The summed E-state index contributed by atoms with van der Waals surface area (Å²) in [6, 6.07) is 6.69. The third kappa shape index (κ3) is 4.60. The number of hydrogen-bond acceptors (Lipinski definition) is 4. The number of H-pyrrole nitrogens is 1. The van der Waals surface area contributed by atoms with Crippen LogP contribution in [0, 0.1) is 0 Å². The molecule has 0 spiro atoms. The van der Waals surface area contributed by atoms with Crippen molar-refractivity contribution in [1.82, 2.24) is 20.5 Å². The van der Waals surface area contributed by atoms with Crippen LogP contribution in [0.5, 0.6) is 0 Å². The third-order valence-electron chi connectivity index (χ3n) is 2.76. The summed E-state index contributed by atoms with van der Waals surface area (Å²) in [5.41, 5.74) is 1.36. The van der Waals surface area contributed by atoms with E-state index in [0.29, 0.717) is 17.9 Å². The van der Waals surface area contributed by atoms with E-state index in [4.69, 9.17) is 5.11 Å². The van der Waals surface area contributed by atoms with Gasteiger partial charge in [-0.25, -0.2) is 9.78 Å². The predicted octanol–water partition coefficient (Wildman–Crippen LogP) is 1.14. The molecule has 0 aliphatic heterocycles. The van der Waals surface area contributed by atoms with E-state index in [-0.39, 0.29) is 13.0 Å². The van der Waals surface area contributed by atoms with Crippen LogP contribution in [0.4, 0.5) is 10.5 Å². The van der Waals surface area contributed by atoms with Gasteiger partial charge in [-0.2, -0.15) is 5.10 Å². The molecule has 4 N–H and O–H groups in total. The highest BCUT2D eigenvalue weighted by molar-refractivity contribution is 5.90. The van der Waals surface area contributed by atoms with Gasteiger partial charge in [0.25, 0.3) is 0 Å². The van der Waals surface area contributed by atoms with Gasteiger partial charge < -0.3 is 15.7 Å². The summed E-state index contributed by atoms with van der Waals surface area (Å²) in [6.45, 7) is 0.225. The number of aryl methyl sites for hydroxylation is 1. The second-order valence-corrected chi connectivity index (χ2v) is 4.29. The maximum absolute atomic E-state index is 11.8. The van der Waals surface area contributed by atoms with Crippen molar-refractivity contribution in [3.63, 3.8) is 0 Å². The lowest BCUT2D eigenvalue weighted by Gasteiger charge is -2.10. The molecule has 0 aliphatic carbocycles. The van der Waals surface area contributed by atoms with E-state index in [9.17, 15) is 9.59 Å². The SMILES string of the molecule is O=C(O)CCc1ccccc1NC(=O)NCc1ncn[nH]1. The Kier molecular flexibility index (Phi) is 4.86. The van der Waals surface area contributed by atoms with Crippen LogP contribution in [0.15, 0.2) is 30.6 Å². The highest BCUT2D eigenvalue weighted by Crippen LogP contribution is 2.16. The van der Waals surface area contributed by atoms with Crippen LogP contribution in [-0.4, -0.2) is 32.3 Å². The molecule has 0 unspecified atom stereocenters. The molecular weight excluding hydrogens is 274 g/mol. The average Bonchev–Trinajstić information content (AvgIpc) is 2.97. The number of rotatable bonds is 6. The molecule has 0 fully saturated rings. The first-order valence-electron chi connectivity index (χ1n) is 6.34. The molecule has 0 atom stereocenters.